The van der Waals surface area contributed by atoms with Gasteiger partial charge < -0.3 is 15.5 Å². The van der Waals surface area contributed by atoms with Crippen molar-refractivity contribution >= 4 is 28.7 Å². The van der Waals surface area contributed by atoms with Crippen LogP contribution in [-0.2, 0) is 0 Å². The van der Waals surface area contributed by atoms with Crippen LogP contribution < -0.4 is 15.5 Å². The van der Waals surface area contributed by atoms with Gasteiger partial charge in [-0.25, -0.2) is 9.98 Å². The van der Waals surface area contributed by atoms with E-state index in [0.717, 1.165) is 45.9 Å². The summed E-state index contributed by atoms with van der Waals surface area (Å²) in [4.78, 5) is 12.8. The van der Waals surface area contributed by atoms with Crippen molar-refractivity contribution in [2.75, 3.05) is 10.2 Å². The molecule has 2 aliphatic heterocycles. The van der Waals surface area contributed by atoms with Gasteiger partial charge in [-0.3, -0.25) is 0 Å². The summed E-state index contributed by atoms with van der Waals surface area (Å²) in [6.45, 7) is 2.23. The minimum Gasteiger partial charge on any atom is -0.363 e. The fourth-order valence-corrected chi connectivity index (χ4v) is 6.64. The average molecular weight is 610 g/mol. The molecule has 1 atom stereocenters. The van der Waals surface area contributed by atoms with Crippen molar-refractivity contribution in [3.8, 4) is 22.3 Å². The van der Waals surface area contributed by atoms with Crippen molar-refractivity contribution < 1.29 is 0 Å². The molecular formula is C42H35N5. The van der Waals surface area contributed by atoms with Gasteiger partial charge in [0.05, 0.1) is 17.1 Å². The van der Waals surface area contributed by atoms with Gasteiger partial charge in [0.25, 0.3) is 0 Å². The number of benzene rings is 6. The van der Waals surface area contributed by atoms with Crippen LogP contribution in [0.1, 0.15) is 36.2 Å². The molecule has 2 aliphatic rings. The van der Waals surface area contributed by atoms with E-state index < -0.39 is 6.17 Å². The Bertz CT molecular complexity index is 2050. The molecule has 6 aromatic rings. The van der Waals surface area contributed by atoms with E-state index in [2.05, 4.69) is 144 Å². The number of rotatable bonds is 7. The fraction of sp³-hybridized carbons (Fsp3) is 0.0952. The molecule has 0 radical (unpaired) electrons. The van der Waals surface area contributed by atoms with E-state index in [0.29, 0.717) is 0 Å². The number of fused-ring (bicyclic) bond motifs is 1. The topological polar surface area (TPSA) is 52.0 Å². The summed E-state index contributed by atoms with van der Waals surface area (Å²) in [5.74, 6) is 1.62. The number of hydrogen-bond acceptors (Lipinski definition) is 5. The van der Waals surface area contributed by atoms with E-state index in [4.69, 9.17) is 9.98 Å². The molecule has 47 heavy (non-hydrogen) atoms. The van der Waals surface area contributed by atoms with Crippen LogP contribution in [0.3, 0.4) is 0 Å². The second kappa shape index (κ2) is 12.5. The van der Waals surface area contributed by atoms with E-state index >= 15 is 0 Å². The highest BCUT2D eigenvalue weighted by Crippen LogP contribution is 2.45. The van der Waals surface area contributed by atoms with Crippen molar-refractivity contribution in [1.29, 1.82) is 0 Å². The fourth-order valence-electron chi connectivity index (χ4n) is 6.64. The second-order valence-electron chi connectivity index (χ2n) is 11.8. The molecule has 0 spiro atoms. The Hall–Kier alpha value is -5.94. The Balaban J connectivity index is 1.22. The molecule has 0 saturated heterocycles. The lowest BCUT2D eigenvalue weighted by atomic mass is 9.94. The normalized spacial score (nSPS) is 15.7. The first-order valence-corrected chi connectivity index (χ1v) is 16.2. The molecule has 0 aliphatic carbocycles. The molecule has 0 saturated carbocycles. The first-order chi connectivity index (χ1) is 23.3. The Morgan fingerprint density at radius 1 is 0.532 bits per heavy atom. The number of para-hydroxylation sites is 3. The highest BCUT2D eigenvalue weighted by Gasteiger charge is 2.30. The molecule has 8 rings (SSSR count). The van der Waals surface area contributed by atoms with Gasteiger partial charge in [-0.2, -0.15) is 0 Å². The van der Waals surface area contributed by atoms with Gasteiger partial charge in [0.15, 0.2) is 6.17 Å². The zero-order valence-corrected chi connectivity index (χ0v) is 26.2. The van der Waals surface area contributed by atoms with E-state index in [1.165, 1.54) is 28.2 Å². The zero-order chi connectivity index (χ0) is 31.6. The molecule has 0 amide bonds. The molecule has 2 heterocycles. The van der Waals surface area contributed by atoms with Crippen molar-refractivity contribution in [2.24, 2.45) is 9.98 Å². The lowest BCUT2D eigenvalue weighted by Gasteiger charge is -2.28. The number of nitrogens with one attached hydrogen (secondary N) is 2. The maximum Gasteiger partial charge on any atom is 0.170 e. The van der Waals surface area contributed by atoms with Gasteiger partial charge in [0.2, 0.25) is 0 Å². The third kappa shape index (κ3) is 5.46. The van der Waals surface area contributed by atoms with Crippen LogP contribution in [0.15, 0.2) is 168 Å². The summed E-state index contributed by atoms with van der Waals surface area (Å²) in [5.41, 5.74) is 11.3. The molecule has 5 heteroatoms. The van der Waals surface area contributed by atoms with Crippen molar-refractivity contribution in [1.82, 2.24) is 5.32 Å². The number of nitrogens with zero attached hydrogens (tertiary/aromatic N) is 3. The number of aliphatic imine (C=N–C) groups is 2. The van der Waals surface area contributed by atoms with Crippen LogP contribution in [0.2, 0.25) is 0 Å². The smallest absolute Gasteiger partial charge is 0.170 e. The molecule has 6 aromatic carbocycles. The van der Waals surface area contributed by atoms with E-state index in [1.54, 1.807) is 0 Å². The Morgan fingerprint density at radius 3 is 1.74 bits per heavy atom. The largest absolute Gasteiger partial charge is 0.363 e. The molecular weight excluding hydrogens is 574 g/mol. The van der Waals surface area contributed by atoms with Crippen LogP contribution in [0.4, 0.5) is 17.1 Å². The lowest BCUT2D eigenvalue weighted by Crippen LogP contribution is -2.36. The summed E-state index contributed by atoms with van der Waals surface area (Å²) < 4.78 is 0. The van der Waals surface area contributed by atoms with Gasteiger partial charge in [-0.1, -0.05) is 140 Å². The van der Waals surface area contributed by atoms with Gasteiger partial charge in [0, 0.05) is 22.3 Å². The molecule has 0 fully saturated rings. The molecule has 0 aromatic heterocycles. The Kier molecular flexibility index (Phi) is 7.56. The van der Waals surface area contributed by atoms with Gasteiger partial charge in [-0.05, 0) is 47.4 Å². The number of hydrogen-bond donors (Lipinski definition) is 2. The predicted octanol–water partition coefficient (Wildman–Crippen LogP) is 9.82. The first kappa shape index (κ1) is 28.5. The van der Waals surface area contributed by atoms with E-state index in [-0.39, 0.29) is 6.17 Å². The maximum atomic E-state index is 5.17. The molecule has 5 nitrogen and oxygen atoms in total. The first-order valence-electron chi connectivity index (χ1n) is 16.2. The Morgan fingerprint density at radius 2 is 1.06 bits per heavy atom. The van der Waals surface area contributed by atoms with Crippen LogP contribution >= 0.6 is 0 Å². The van der Waals surface area contributed by atoms with Gasteiger partial charge in [-0.15, -0.1) is 0 Å². The van der Waals surface area contributed by atoms with Gasteiger partial charge in [0.1, 0.15) is 17.8 Å². The van der Waals surface area contributed by atoms with E-state index in [1.807, 2.05) is 36.4 Å². The van der Waals surface area contributed by atoms with Crippen molar-refractivity contribution in [2.45, 2.75) is 25.7 Å². The Labute approximate surface area is 276 Å². The van der Waals surface area contributed by atoms with Crippen LogP contribution in [0, 0.1) is 0 Å². The monoisotopic (exact) mass is 609 g/mol. The molecule has 1 unspecified atom stereocenters. The summed E-state index contributed by atoms with van der Waals surface area (Å²) in [6, 6.07) is 55.2. The van der Waals surface area contributed by atoms with Crippen LogP contribution in [-0.4, -0.2) is 17.8 Å². The van der Waals surface area contributed by atoms with Crippen LogP contribution in [0.25, 0.3) is 22.3 Å². The molecule has 0 bridgehead atoms. The minimum absolute atomic E-state index is 0.186. The third-order valence-corrected chi connectivity index (χ3v) is 8.91. The summed E-state index contributed by atoms with van der Waals surface area (Å²) >= 11 is 0. The quantitative estimate of drug-likeness (QED) is 0.189. The number of anilines is 3. The summed E-state index contributed by atoms with van der Waals surface area (Å²) in [5, 5.41) is 7.23. The molecule has 2 N–H and O–H groups in total. The van der Waals surface area contributed by atoms with E-state index in [9.17, 15) is 0 Å². The zero-order valence-electron chi connectivity index (χ0n) is 26.2. The minimum atomic E-state index is -0.411. The average Bonchev–Trinajstić information content (AvgIpc) is 3.54. The maximum absolute atomic E-state index is 5.17. The van der Waals surface area contributed by atoms with Gasteiger partial charge >= 0.3 is 0 Å². The van der Waals surface area contributed by atoms with Crippen LogP contribution in [0.5, 0.6) is 0 Å². The highest BCUT2D eigenvalue weighted by atomic mass is 15.3. The molecule has 228 valence electrons. The SMILES string of the molecule is CCC1Nc2ccccc2N1c1ccccc1-c1cccc(-c2ccccc2C2N=C(c3ccccc3)NC(c3ccccc3)=N2)c1. The highest BCUT2D eigenvalue weighted by molar-refractivity contribution is 6.16. The van der Waals surface area contributed by atoms with Crippen molar-refractivity contribution in [3.63, 3.8) is 0 Å². The second-order valence-corrected chi connectivity index (χ2v) is 11.8. The van der Waals surface area contributed by atoms with Crippen molar-refractivity contribution in [3.05, 3.63) is 174 Å². The lowest BCUT2D eigenvalue weighted by molar-refractivity contribution is 0.729. The summed E-state index contributed by atoms with van der Waals surface area (Å²) in [6.07, 6.45) is 0.751. The number of amidine groups is 2. The standard InChI is InChI=1S/C42H35N5/c1-2-39-43-36-25-12-14-27-38(36)47(39)37-26-13-11-23-34(37)32-21-15-20-31(28-32)33-22-9-10-24-35(33)42-45-40(29-16-5-3-6-17-29)44-41(46-42)30-18-7-4-8-19-30/h3-28,39,42-43H,2H2,1H3,(H,44,45,46). The summed E-state index contributed by atoms with van der Waals surface area (Å²) in [7, 11) is 0. The third-order valence-electron chi connectivity index (χ3n) is 8.91. The predicted molar refractivity (Wildman–Crippen MR) is 195 cm³/mol.